The van der Waals surface area contributed by atoms with Crippen LogP contribution in [0.2, 0.25) is 0 Å². The van der Waals surface area contributed by atoms with Gasteiger partial charge in [-0.1, -0.05) is 19.9 Å². The second-order valence-electron chi connectivity index (χ2n) is 10.1. The summed E-state index contributed by atoms with van der Waals surface area (Å²) in [5, 5.41) is 28.8. The molecule has 2 heterocycles. The smallest absolute Gasteiger partial charge is 0.339 e. The first-order valence-corrected chi connectivity index (χ1v) is 12.6. The van der Waals surface area contributed by atoms with E-state index in [-0.39, 0.29) is 22.8 Å². The van der Waals surface area contributed by atoms with E-state index in [0.29, 0.717) is 52.1 Å². The lowest BCUT2D eigenvalue weighted by atomic mass is 9.80. The van der Waals surface area contributed by atoms with E-state index in [9.17, 15) is 23.8 Å². The number of carboxylic acid groups (broad SMARTS) is 1. The van der Waals surface area contributed by atoms with E-state index in [4.69, 9.17) is 13.9 Å². The Morgan fingerprint density at radius 1 is 1.05 bits per heavy atom. The van der Waals surface area contributed by atoms with E-state index in [1.165, 1.54) is 50.9 Å². The third kappa shape index (κ3) is 4.94. The molecular weight excluding hydrogens is 536 g/mol. The fourth-order valence-electron chi connectivity index (χ4n) is 5.21. The maximum atomic E-state index is 14.9. The molecule has 3 aromatic carbocycles. The minimum Gasteiger partial charge on any atom is -0.507 e. The molecule has 0 unspecified atom stereocenters. The number of ether oxygens (including phenoxy) is 2. The van der Waals surface area contributed by atoms with E-state index in [2.05, 4.69) is 10.2 Å². The Morgan fingerprint density at radius 2 is 1.80 bits per heavy atom. The zero-order valence-electron chi connectivity index (χ0n) is 22.7. The summed E-state index contributed by atoms with van der Waals surface area (Å²) in [5.74, 6) is -2.23. The lowest BCUT2D eigenvalue weighted by molar-refractivity contribution is 0.0693. The minimum atomic E-state index is -1.17. The third-order valence-corrected chi connectivity index (χ3v) is 7.14. The van der Waals surface area contributed by atoms with Crippen LogP contribution in [0.15, 0.2) is 59.3 Å². The summed E-state index contributed by atoms with van der Waals surface area (Å²) < 4.78 is 47.1. The Balaban J connectivity index is 1.89. The molecular formula is C30H27F2N3O6. The number of aryl methyl sites for hydroxylation is 1. The number of hydrogen-bond acceptors (Lipinski definition) is 7. The number of aromatic hydroxyl groups is 1. The third-order valence-electron chi connectivity index (χ3n) is 7.14. The number of aromatic carboxylic acids is 1. The van der Waals surface area contributed by atoms with Gasteiger partial charge in [-0.3, -0.25) is 0 Å². The highest BCUT2D eigenvalue weighted by Gasteiger charge is 2.34. The van der Waals surface area contributed by atoms with Gasteiger partial charge in [0.25, 0.3) is 0 Å². The molecule has 5 rings (SSSR count). The number of carboxylic acids is 1. The van der Waals surface area contributed by atoms with Crippen molar-refractivity contribution >= 4 is 16.9 Å². The highest BCUT2D eigenvalue weighted by Crippen LogP contribution is 2.48. The quantitative estimate of drug-likeness (QED) is 0.215. The fourth-order valence-corrected chi connectivity index (χ4v) is 5.21. The number of fused-ring (bicyclic) bond motifs is 1. The summed E-state index contributed by atoms with van der Waals surface area (Å²) in [7, 11) is 2.71. The van der Waals surface area contributed by atoms with Crippen molar-refractivity contribution in [1.29, 1.82) is 0 Å². The first kappa shape index (κ1) is 27.6. The second kappa shape index (κ2) is 10.6. The summed E-state index contributed by atoms with van der Waals surface area (Å²) in [6.07, 6.45) is 2.12. The van der Waals surface area contributed by atoms with Crippen LogP contribution in [0.3, 0.4) is 0 Å². The van der Waals surface area contributed by atoms with Gasteiger partial charge in [-0.05, 0) is 42.3 Å². The largest absolute Gasteiger partial charge is 0.507 e. The van der Waals surface area contributed by atoms with Gasteiger partial charge in [-0.15, -0.1) is 10.2 Å². The number of hydrogen-bond donors (Lipinski definition) is 2. The standard InChI is InChI=1S/C30H27F2N3O6/c1-30(2,10-9-25-34-33-15-41-25)28-26(16-5-7-19(29(37)38)23(11-16)39-3)27-21(12-17(31)13-22(27)36)35(28)18-6-8-20(32)24(14-18)40-4/h5-8,11-15,36H,9-10H2,1-4H3,(H,37,38). The summed E-state index contributed by atoms with van der Waals surface area (Å²) in [4.78, 5) is 11.8. The summed E-state index contributed by atoms with van der Waals surface area (Å²) in [6.45, 7) is 3.93. The van der Waals surface area contributed by atoms with E-state index >= 15 is 0 Å². The van der Waals surface area contributed by atoms with Crippen molar-refractivity contribution in [2.24, 2.45) is 0 Å². The van der Waals surface area contributed by atoms with Crippen molar-refractivity contribution in [3.63, 3.8) is 0 Å². The van der Waals surface area contributed by atoms with Gasteiger partial charge in [0, 0.05) is 40.9 Å². The second-order valence-corrected chi connectivity index (χ2v) is 10.1. The Labute approximate surface area is 233 Å². The van der Waals surface area contributed by atoms with Gasteiger partial charge in [0.15, 0.2) is 11.6 Å². The highest BCUT2D eigenvalue weighted by molar-refractivity contribution is 6.04. The normalized spacial score (nSPS) is 11.7. The number of phenolic OH excluding ortho intramolecular Hbond substituents is 1. The molecule has 0 bridgehead atoms. The Morgan fingerprint density at radius 3 is 2.46 bits per heavy atom. The van der Waals surface area contributed by atoms with Gasteiger partial charge in [0.2, 0.25) is 12.3 Å². The molecule has 9 nitrogen and oxygen atoms in total. The van der Waals surface area contributed by atoms with Crippen molar-refractivity contribution in [2.75, 3.05) is 14.2 Å². The van der Waals surface area contributed by atoms with Crippen LogP contribution in [-0.4, -0.2) is 45.2 Å². The number of halogens is 2. The number of nitrogens with zero attached hydrogens (tertiary/aromatic N) is 3. The lowest BCUT2D eigenvalue weighted by Gasteiger charge is -2.29. The number of carbonyl (C=O) groups is 1. The summed E-state index contributed by atoms with van der Waals surface area (Å²) in [5.41, 5.74) is 1.68. The maximum absolute atomic E-state index is 14.9. The molecule has 2 N–H and O–H groups in total. The molecule has 11 heteroatoms. The molecule has 2 aromatic heterocycles. The lowest BCUT2D eigenvalue weighted by Crippen LogP contribution is -2.23. The van der Waals surface area contributed by atoms with E-state index in [1.807, 2.05) is 13.8 Å². The molecule has 0 aliphatic rings. The zero-order valence-corrected chi connectivity index (χ0v) is 22.7. The Bertz CT molecular complexity index is 1760. The SMILES string of the molecule is COc1cc(-n2c(C(C)(C)CCc3nnco3)c(-c3ccc(C(=O)O)c(OC)c3)c3c(O)cc(F)cc32)ccc1F. The van der Waals surface area contributed by atoms with Gasteiger partial charge in [0.05, 0.1) is 25.1 Å². The number of rotatable bonds is 9. The first-order chi connectivity index (χ1) is 19.6. The Hall–Kier alpha value is -4.93. The van der Waals surface area contributed by atoms with E-state index in [1.54, 1.807) is 16.7 Å². The predicted octanol–water partition coefficient (Wildman–Crippen LogP) is 6.29. The molecule has 0 saturated carbocycles. The van der Waals surface area contributed by atoms with E-state index < -0.39 is 23.0 Å². The van der Waals surface area contributed by atoms with Crippen molar-refractivity contribution in [3.8, 4) is 34.1 Å². The van der Waals surface area contributed by atoms with Crippen LogP contribution >= 0.6 is 0 Å². The topological polar surface area (TPSA) is 120 Å². The van der Waals surface area contributed by atoms with Crippen LogP contribution in [-0.2, 0) is 11.8 Å². The summed E-state index contributed by atoms with van der Waals surface area (Å²) in [6, 6.07) is 11.2. The Kier molecular flexibility index (Phi) is 7.12. The van der Waals surface area contributed by atoms with Gasteiger partial charge in [0.1, 0.15) is 22.9 Å². The average molecular weight is 564 g/mol. The van der Waals surface area contributed by atoms with Gasteiger partial charge < -0.3 is 28.7 Å². The molecule has 0 aliphatic heterocycles. The number of methoxy groups -OCH3 is 2. The molecule has 0 saturated heterocycles. The van der Waals surface area contributed by atoms with Crippen molar-refractivity contribution < 1.29 is 37.7 Å². The van der Waals surface area contributed by atoms with Crippen molar-refractivity contribution in [3.05, 3.63) is 83.7 Å². The van der Waals surface area contributed by atoms with Crippen molar-refractivity contribution in [1.82, 2.24) is 14.8 Å². The van der Waals surface area contributed by atoms with Crippen LogP contribution in [0.25, 0.3) is 27.7 Å². The van der Waals surface area contributed by atoms with Crippen LogP contribution < -0.4 is 9.47 Å². The molecule has 0 radical (unpaired) electrons. The monoisotopic (exact) mass is 563 g/mol. The number of aromatic nitrogens is 3. The average Bonchev–Trinajstić information content (AvgIpc) is 3.58. The molecule has 0 spiro atoms. The minimum absolute atomic E-state index is 0.0198. The van der Waals surface area contributed by atoms with Gasteiger partial charge >= 0.3 is 5.97 Å². The van der Waals surface area contributed by atoms with Crippen LogP contribution in [0, 0.1) is 11.6 Å². The molecule has 0 amide bonds. The van der Waals surface area contributed by atoms with Crippen LogP contribution in [0.1, 0.15) is 42.2 Å². The maximum Gasteiger partial charge on any atom is 0.339 e. The van der Waals surface area contributed by atoms with Gasteiger partial charge in [-0.2, -0.15) is 0 Å². The predicted molar refractivity (Wildman–Crippen MR) is 146 cm³/mol. The number of benzene rings is 3. The van der Waals surface area contributed by atoms with Gasteiger partial charge in [-0.25, -0.2) is 13.6 Å². The molecule has 212 valence electrons. The van der Waals surface area contributed by atoms with Crippen LogP contribution in [0.4, 0.5) is 8.78 Å². The molecule has 0 aliphatic carbocycles. The highest BCUT2D eigenvalue weighted by atomic mass is 19.1. The molecule has 5 aromatic rings. The first-order valence-electron chi connectivity index (χ1n) is 12.6. The summed E-state index contributed by atoms with van der Waals surface area (Å²) >= 11 is 0. The zero-order chi connectivity index (χ0) is 29.5. The number of phenols is 1. The fraction of sp³-hybridized carbons (Fsp3) is 0.233. The molecule has 0 fully saturated rings. The molecule has 0 atom stereocenters. The van der Waals surface area contributed by atoms with Crippen LogP contribution in [0.5, 0.6) is 17.2 Å². The molecule has 41 heavy (non-hydrogen) atoms. The van der Waals surface area contributed by atoms with Crippen molar-refractivity contribution in [2.45, 2.75) is 32.1 Å². The van der Waals surface area contributed by atoms with E-state index in [0.717, 1.165) is 6.07 Å².